The monoisotopic (exact) mass is 485 g/mol. The number of aromatic nitrogens is 3. The fourth-order valence-corrected chi connectivity index (χ4v) is 3.82. The first-order valence-corrected chi connectivity index (χ1v) is 11.0. The minimum atomic E-state index is -4.53. The molecule has 11 heteroatoms. The van der Waals surface area contributed by atoms with Crippen molar-refractivity contribution in [1.82, 2.24) is 20.1 Å². The second kappa shape index (κ2) is 9.48. The summed E-state index contributed by atoms with van der Waals surface area (Å²) < 4.78 is 40.9. The zero-order chi connectivity index (χ0) is 24.3. The molecule has 0 saturated carbocycles. The molecular weight excluding hydrogens is 467 g/mol. The van der Waals surface area contributed by atoms with E-state index in [9.17, 15) is 22.8 Å². The van der Waals surface area contributed by atoms with Crippen molar-refractivity contribution in [2.45, 2.75) is 13.1 Å². The Morgan fingerprint density at radius 3 is 2.44 bits per heavy atom. The van der Waals surface area contributed by atoms with E-state index in [0.717, 1.165) is 12.1 Å². The maximum Gasteiger partial charge on any atom is 0.416 e. The van der Waals surface area contributed by atoms with Gasteiger partial charge in [-0.15, -0.1) is 16.4 Å². The fourth-order valence-electron chi connectivity index (χ4n) is 3.12. The Kier molecular flexibility index (Phi) is 6.46. The van der Waals surface area contributed by atoms with Gasteiger partial charge in [0, 0.05) is 17.8 Å². The molecule has 4 aromatic rings. The van der Waals surface area contributed by atoms with Gasteiger partial charge in [-0.25, -0.2) is 9.67 Å². The van der Waals surface area contributed by atoms with E-state index in [-0.39, 0.29) is 23.2 Å². The largest absolute Gasteiger partial charge is 0.416 e. The zero-order valence-electron chi connectivity index (χ0n) is 17.8. The highest BCUT2D eigenvalue weighted by atomic mass is 32.1. The average molecular weight is 485 g/mol. The summed E-state index contributed by atoms with van der Waals surface area (Å²) in [4.78, 5) is 29.6. The van der Waals surface area contributed by atoms with E-state index in [0.29, 0.717) is 22.7 Å². The Morgan fingerprint density at radius 1 is 1.03 bits per heavy atom. The molecule has 7 nitrogen and oxygen atoms in total. The van der Waals surface area contributed by atoms with Crippen molar-refractivity contribution in [3.63, 3.8) is 0 Å². The lowest BCUT2D eigenvalue weighted by Gasteiger charge is -2.09. The molecule has 2 amide bonds. The third kappa shape index (κ3) is 4.99. The zero-order valence-corrected chi connectivity index (χ0v) is 18.6. The van der Waals surface area contributed by atoms with Crippen molar-refractivity contribution < 1.29 is 22.8 Å². The Balaban J connectivity index is 1.65. The van der Waals surface area contributed by atoms with Gasteiger partial charge in [-0.05, 0) is 60.8 Å². The van der Waals surface area contributed by atoms with E-state index in [1.54, 1.807) is 41.8 Å². The molecule has 0 atom stereocenters. The standard InChI is InChI=1S/C23H18F3N5O2S/c1-2-27-21(32)14-8-10-16(11-9-14)28-22(33)19-29-20(18-7-4-12-34-18)31(30-19)17-6-3-5-15(13-17)23(24,25)26/h3-13H,2H2,1H3,(H,27,32)(H,28,33). The molecule has 2 aromatic heterocycles. The van der Waals surface area contributed by atoms with E-state index in [4.69, 9.17) is 0 Å². The molecule has 2 N–H and O–H groups in total. The van der Waals surface area contributed by atoms with Gasteiger partial charge >= 0.3 is 6.18 Å². The minimum Gasteiger partial charge on any atom is -0.352 e. The maximum atomic E-state index is 13.2. The van der Waals surface area contributed by atoms with Crippen LogP contribution in [0.5, 0.6) is 0 Å². The molecule has 0 aliphatic heterocycles. The number of hydrogen-bond acceptors (Lipinski definition) is 5. The third-order valence-corrected chi connectivity index (χ3v) is 5.58. The Labute approximate surface area is 196 Å². The number of nitrogens with one attached hydrogen (secondary N) is 2. The number of benzene rings is 2. The number of nitrogens with zero attached hydrogens (tertiary/aromatic N) is 3. The van der Waals surface area contributed by atoms with Crippen molar-refractivity contribution in [1.29, 1.82) is 0 Å². The summed E-state index contributed by atoms with van der Waals surface area (Å²) in [5.41, 5.74) is 0.129. The van der Waals surface area contributed by atoms with Crippen LogP contribution in [-0.2, 0) is 6.18 Å². The number of rotatable bonds is 6. The van der Waals surface area contributed by atoms with E-state index in [2.05, 4.69) is 20.7 Å². The molecule has 0 saturated heterocycles. The molecule has 2 aromatic carbocycles. The van der Waals surface area contributed by atoms with Crippen LogP contribution < -0.4 is 10.6 Å². The summed E-state index contributed by atoms with van der Waals surface area (Å²) in [5, 5.41) is 11.3. The van der Waals surface area contributed by atoms with E-state index < -0.39 is 17.6 Å². The molecule has 0 unspecified atom stereocenters. The van der Waals surface area contributed by atoms with Crippen LogP contribution in [0.25, 0.3) is 16.4 Å². The van der Waals surface area contributed by atoms with Crippen LogP contribution in [-0.4, -0.2) is 33.1 Å². The summed E-state index contributed by atoms with van der Waals surface area (Å²) in [5.74, 6) is -0.851. The smallest absolute Gasteiger partial charge is 0.352 e. The number of alkyl halides is 3. The van der Waals surface area contributed by atoms with Crippen LogP contribution in [0.15, 0.2) is 66.0 Å². The highest BCUT2D eigenvalue weighted by molar-refractivity contribution is 7.13. The molecule has 0 aliphatic rings. The summed E-state index contributed by atoms with van der Waals surface area (Å²) in [7, 11) is 0. The average Bonchev–Trinajstić information content (AvgIpc) is 3.49. The highest BCUT2D eigenvalue weighted by Crippen LogP contribution is 2.32. The first kappa shape index (κ1) is 23.2. The Hall–Kier alpha value is -3.99. The summed E-state index contributed by atoms with van der Waals surface area (Å²) in [6, 6.07) is 14.4. The van der Waals surface area contributed by atoms with Crippen LogP contribution in [0, 0.1) is 0 Å². The SMILES string of the molecule is CCNC(=O)c1ccc(NC(=O)c2nc(-c3cccs3)n(-c3cccc(C(F)(F)F)c3)n2)cc1. The number of anilines is 1. The predicted molar refractivity (Wildman–Crippen MR) is 122 cm³/mol. The number of thiophene rings is 1. The van der Waals surface area contributed by atoms with E-state index in [1.165, 1.54) is 28.2 Å². The van der Waals surface area contributed by atoms with Crippen molar-refractivity contribution in [2.24, 2.45) is 0 Å². The normalized spacial score (nSPS) is 11.3. The number of amides is 2. The minimum absolute atomic E-state index is 0.121. The third-order valence-electron chi connectivity index (χ3n) is 4.71. The summed E-state index contributed by atoms with van der Waals surface area (Å²) in [6.07, 6.45) is -4.53. The summed E-state index contributed by atoms with van der Waals surface area (Å²) >= 11 is 1.32. The molecule has 0 aliphatic carbocycles. The Bertz CT molecular complexity index is 1320. The topological polar surface area (TPSA) is 88.9 Å². The van der Waals surface area contributed by atoms with Gasteiger partial charge in [0.05, 0.1) is 16.1 Å². The molecule has 0 bridgehead atoms. The molecule has 2 heterocycles. The van der Waals surface area contributed by atoms with Crippen molar-refractivity contribution >= 4 is 28.8 Å². The number of halogens is 3. The predicted octanol–water partition coefficient (Wildman–Crippen LogP) is 5.02. The first-order chi connectivity index (χ1) is 16.3. The molecular formula is C23H18F3N5O2S. The molecule has 174 valence electrons. The number of carbonyl (C=O) groups excluding carboxylic acids is 2. The van der Waals surface area contributed by atoms with Gasteiger partial charge in [0.25, 0.3) is 11.8 Å². The second-order valence-corrected chi connectivity index (χ2v) is 8.03. The summed E-state index contributed by atoms with van der Waals surface area (Å²) in [6.45, 7) is 2.30. The van der Waals surface area contributed by atoms with Crippen molar-refractivity contribution in [2.75, 3.05) is 11.9 Å². The van der Waals surface area contributed by atoms with Gasteiger partial charge in [-0.2, -0.15) is 13.2 Å². The highest BCUT2D eigenvalue weighted by Gasteiger charge is 2.31. The van der Waals surface area contributed by atoms with Crippen LogP contribution in [0.2, 0.25) is 0 Å². The maximum absolute atomic E-state index is 13.2. The van der Waals surface area contributed by atoms with Gasteiger partial charge in [-0.3, -0.25) is 9.59 Å². The van der Waals surface area contributed by atoms with Gasteiger partial charge in [0.15, 0.2) is 5.82 Å². The van der Waals surface area contributed by atoms with E-state index in [1.807, 2.05) is 6.92 Å². The van der Waals surface area contributed by atoms with Gasteiger partial charge in [-0.1, -0.05) is 12.1 Å². The molecule has 34 heavy (non-hydrogen) atoms. The van der Waals surface area contributed by atoms with Crippen molar-refractivity contribution in [3.05, 3.63) is 83.0 Å². The number of hydrogen-bond donors (Lipinski definition) is 2. The quantitative estimate of drug-likeness (QED) is 0.402. The molecule has 0 fully saturated rings. The van der Waals surface area contributed by atoms with E-state index >= 15 is 0 Å². The van der Waals surface area contributed by atoms with Gasteiger partial charge in [0.2, 0.25) is 5.82 Å². The fraction of sp³-hybridized carbons (Fsp3) is 0.130. The molecule has 0 radical (unpaired) electrons. The Morgan fingerprint density at radius 2 is 1.79 bits per heavy atom. The van der Waals surface area contributed by atoms with Crippen LogP contribution in [0.1, 0.15) is 33.5 Å². The molecule has 0 spiro atoms. The molecule has 4 rings (SSSR count). The van der Waals surface area contributed by atoms with Crippen molar-refractivity contribution in [3.8, 4) is 16.4 Å². The van der Waals surface area contributed by atoms with Crippen LogP contribution >= 0.6 is 11.3 Å². The lowest BCUT2D eigenvalue weighted by atomic mass is 10.2. The first-order valence-electron chi connectivity index (χ1n) is 10.1. The lowest BCUT2D eigenvalue weighted by Crippen LogP contribution is -2.22. The van der Waals surface area contributed by atoms with Crippen LogP contribution in [0.3, 0.4) is 0 Å². The second-order valence-electron chi connectivity index (χ2n) is 7.09. The number of carbonyl (C=O) groups is 2. The van der Waals surface area contributed by atoms with Gasteiger partial charge in [0.1, 0.15) is 0 Å². The lowest BCUT2D eigenvalue weighted by molar-refractivity contribution is -0.137. The van der Waals surface area contributed by atoms with Gasteiger partial charge < -0.3 is 10.6 Å². The van der Waals surface area contributed by atoms with Crippen LogP contribution in [0.4, 0.5) is 18.9 Å².